The number of fused-ring (bicyclic) bond motifs is 1. The second-order valence-electron chi connectivity index (χ2n) is 5.05. The van der Waals surface area contributed by atoms with Gasteiger partial charge in [-0.15, -0.1) is 0 Å². The first-order chi connectivity index (χ1) is 11.6. The molecule has 2 heterocycles. The zero-order chi connectivity index (χ0) is 16.9. The summed E-state index contributed by atoms with van der Waals surface area (Å²) in [6.45, 7) is -0.174. The van der Waals surface area contributed by atoms with Crippen molar-refractivity contribution in [1.82, 2.24) is 14.7 Å². The highest BCUT2D eigenvalue weighted by Gasteiger charge is 2.10. The number of rotatable bonds is 5. The van der Waals surface area contributed by atoms with Gasteiger partial charge in [0.05, 0.1) is 10.7 Å². The monoisotopic (exact) mass is 343 g/mol. The summed E-state index contributed by atoms with van der Waals surface area (Å²) in [4.78, 5) is 27.9. The number of imidazole rings is 1. The molecule has 1 aromatic carbocycles. The number of nitrogens with zero attached hydrogens (tertiary/aromatic N) is 2. The SMILES string of the molecule is O=C(CNC(=O)c1ccccc1)OCc1cn2cc(Cl)ccc2n1. The Labute approximate surface area is 143 Å². The third-order valence-corrected chi connectivity index (χ3v) is 3.50. The smallest absolute Gasteiger partial charge is 0.325 e. The summed E-state index contributed by atoms with van der Waals surface area (Å²) in [5, 5.41) is 3.10. The van der Waals surface area contributed by atoms with E-state index in [-0.39, 0.29) is 19.1 Å². The molecule has 0 atom stereocenters. The fourth-order valence-corrected chi connectivity index (χ4v) is 2.30. The summed E-state index contributed by atoms with van der Waals surface area (Å²) in [6.07, 6.45) is 3.45. The molecule has 0 aliphatic rings. The number of hydrogen-bond acceptors (Lipinski definition) is 4. The minimum Gasteiger partial charge on any atom is -0.458 e. The predicted octanol–water partition coefficient (Wildman–Crippen LogP) is 2.46. The summed E-state index contributed by atoms with van der Waals surface area (Å²) in [5.41, 5.74) is 1.80. The molecule has 0 saturated carbocycles. The summed E-state index contributed by atoms with van der Waals surface area (Å²) >= 11 is 5.90. The van der Waals surface area contributed by atoms with Gasteiger partial charge in [-0.3, -0.25) is 9.59 Å². The number of benzene rings is 1. The van der Waals surface area contributed by atoms with E-state index in [0.29, 0.717) is 21.9 Å². The first-order valence-electron chi connectivity index (χ1n) is 7.24. The number of esters is 1. The molecule has 0 radical (unpaired) electrons. The maximum Gasteiger partial charge on any atom is 0.325 e. The van der Waals surface area contributed by atoms with E-state index in [0.717, 1.165) is 0 Å². The van der Waals surface area contributed by atoms with Crippen LogP contribution in [0.2, 0.25) is 5.02 Å². The van der Waals surface area contributed by atoms with E-state index < -0.39 is 5.97 Å². The van der Waals surface area contributed by atoms with Crippen LogP contribution in [0.3, 0.4) is 0 Å². The lowest BCUT2D eigenvalue weighted by atomic mass is 10.2. The number of nitrogens with one attached hydrogen (secondary N) is 1. The minimum atomic E-state index is -0.533. The van der Waals surface area contributed by atoms with Crippen LogP contribution in [0.1, 0.15) is 16.1 Å². The van der Waals surface area contributed by atoms with E-state index in [9.17, 15) is 9.59 Å². The molecule has 2 aromatic heterocycles. The van der Waals surface area contributed by atoms with E-state index in [1.165, 1.54) is 0 Å². The first-order valence-corrected chi connectivity index (χ1v) is 7.61. The Hall–Kier alpha value is -2.86. The molecule has 0 aliphatic carbocycles. The summed E-state index contributed by atoms with van der Waals surface area (Å²) in [7, 11) is 0. The van der Waals surface area contributed by atoms with Gasteiger partial charge in [-0.2, -0.15) is 0 Å². The van der Waals surface area contributed by atoms with Gasteiger partial charge >= 0.3 is 5.97 Å². The van der Waals surface area contributed by atoms with E-state index in [1.54, 1.807) is 53.2 Å². The van der Waals surface area contributed by atoms with Crippen molar-refractivity contribution in [3.8, 4) is 0 Å². The van der Waals surface area contributed by atoms with Crippen molar-refractivity contribution in [3.63, 3.8) is 0 Å². The van der Waals surface area contributed by atoms with Crippen LogP contribution in [0.25, 0.3) is 5.65 Å². The standard InChI is InChI=1S/C17H14ClN3O3/c18-13-6-7-15-20-14(10-21(15)9-13)11-24-16(22)8-19-17(23)12-4-2-1-3-5-12/h1-7,9-10H,8,11H2,(H,19,23). The van der Waals surface area contributed by atoms with E-state index in [1.807, 2.05) is 6.07 Å². The molecule has 0 unspecified atom stereocenters. The van der Waals surface area contributed by atoms with Crippen LogP contribution in [0.5, 0.6) is 0 Å². The van der Waals surface area contributed by atoms with Crippen LogP contribution in [0.4, 0.5) is 0 Å². The van der Waals surface area contributed by atoms with Gasteiger partial charge in [0.2, 0.25) is 0 Å². The van der Waals surface area contributed by atoms with Crippen molar-refractivity contribution in [2.24, 2.45) is 0 Å². The fraction of sp³-hybridized carbons (Fsp3) is 0.118. The zero-order valence-corrected chi connectivity index (χ0v) is 13.4. The Morgan fingerprint density at radius 1 is 1.12 bits per heavy atom. The van der Waals surface area contributed by atoms with Gasteiger partial charge in [0, 0.05) is 18.0 Å². The number of aromatic nitrogens is 2. The molecule has 0 fully saturated rings. The minimum absolute atomic E-state index is 0.0271. The molecular formula is C17H14ClN3O3. The van der Waals surface area contributed by atoms with Gasteiger partial charge in [0.15, 0.2) is 0 Å². The zero-order valence-electron chi connectivity index (χ0n) is 12.6. The van der Waals surface area contributed by atoms with Crippen LogP contribution >= 0.6 is 11.6 Å². The highest BCUT2D eigenvalue weighted by molar-refractivity contribution is 6.30. The normalized spacial score (nSPS) is 10.5. The van der Waals surface area contributed by atoms with E-state index >= 15 is 0 Å². The second-order valence-corrected chi connectivity index (χ2v) is 5.49. The van der Waals surface area contributed by atoms with E-state index in [2.05, 4.69) is 10.3 Å². The largest absolute Gasteiger partial charge is 0.458 e. The molecule has 1 amide bonds. The lowest BCUT2D eigenvalue weighted by Crippen LogP contribution is -2.30. The van der Waals surface area contributed by atoms with Gasteiger partial charge in [0.1, 0.15) is 18.8 Å². The average molecular weight is 344 g/mol. The second kappa shape index (κ2) is 7.14. The molecule has 0 aliphatic heterocycles. The number of ether oxygens (including phenoxy) is 1. The molecule has 0 spiro atoms. The lowest BCUT2D eigenvalue weighted by Gasteiger charge is -2.05. The average Bonchev–Trinajstić information content (AvgIpc) is 3.00. The summed E-state index contributed by atoms with van der Waals surface area (Å²) < 4.78 is 6.86. The Morgan fingerprint density at radius 2 is 1.92 bits per heavy atom. The van der Waals surface area contributed by atoms with Gasteiger partial charge in [-0.05, 0) is 24.3 Å². The maximum atomic E-state index is 11.8. The van der Waals surface area contributed by atoms with Crippen molar-refractivity contribution in [1.29, 1.82) is 0 Å². The molecule has 3 aromatic rings. The van der Waals surface area contributed by atoms with Gasteiger partial charge < -0.3 is 14.5 Å². The van der Waals surface area contributed by atoms with Crippen molar-refractivity contribution < 1.29 is 14.3 Å². The van der Waals surface area contributed by atoms with Crippen LogP contribution in [-0.2, 0) is 16.1 Å². The molecule has 0 bridgehead atoms. The van der Waals surface area contributed by atoms with Crippen molar-refractivity contribution in [2.45, 2.75) is 6.61 Å². The molecule has 24 heavy (non-hydrogen) atoms. The Balaban J connectivity index is 1.50. The van der Waals surface area contributed by atoms with Crippen LogP contribution in [0, 0.1) is 0 Å². The van der Waals surface area contributed by atoms with Crippen molar-refractivity contribution in [2.75, 3.05) is 6.54 Å². The molecule has 3 rings (SSSR count). The molecule has 122 valence electrons. The quantitative estimate of drug-likeness (QED) is 0.722. The topological polar surface area (TPSA) is 72.7 Å². The van der Waals surface area contributed by atoms with Gasteiger partial charge in [-0.1, -0.05) is 29.8 Å². The predicted molar refractivity (Wildman–Crippen MR) is 88.8 cm³/mol. The van der Waals surface area contributed by atoms with Crippen LogP contribution < -0.4 is 5.32 Å². The molecule has 1 N–H and O–H groups in total. The highest BCUT2D eigenvalue weighted by Crippen LogP contribution is 2.12. The molecule has 0 saturated heterocycles. The number of pyridine rings is 1. The van der Waals surface area contributed by atoms with Crippen molar-refractivity contribution >= 4 is 29.1 Å². The third-order valence-electron chi connectivity index (χ3n) is 3.28. The highest BCUT2D eigenvalue weighted by atomic mass is 35.5. The first kappa shape index (κ1) is 16.0. The molecular weight excluding hydrogens is 330 g/mol. The Bertz CT molecular complexity index is 877. The molecule has 7 heteroatoms. The third kappa shape index (κ3) is 3.91. The number of carbonyl (C=O) groups excluding carboxylic acids is 2. The van der Waals surface area contributed by atoms with Crippen molar-refractivity contribution in [3.05, 3.63) is 71.1 Å². The number of halogens is 1. The maximum absolute atomic E-state index is 11.8. The van der Waals surface area contributed by atoms with Gasteiger partial charge in [-0.25, -0.2) is 4.98 Å². The lowest BCUT2D eigenvalue weighted by molar-refractivity contribution is -0.143. The summed E-state index contributed by atoms with van der Waals surface area (Å²) in [6, 6.07) is 12.2. The Morgan fingerprint density at radius 3 is 2.71 bits per heavy atom. The Kier molecular flexibility index (Phi) is 4.77. The van der Waals surface area contributed by atoms with Crippen LogP contribution in [0.15, 0.2) is 54.9 Å². The number of hydrogen-bond donors (Lipinski definition) is 1. The summed E-state index contributed by atoms with van der Waals surface area (Å²) in [5.74, 6) is -0.857. The van der Waals surface area contributed by atoms with Gasteiger partial charge in [0.25, 0.3) is 5.91 Å². The fourth-order valence-electron chi connectivity index (χ4n) is 2.14. The number of amides is 1. The molecule has 6 nitrogen and oxygen atoms in total. The van der Waals surface area contributed by atoms with E-state index in [4.69, 9.17) is 16.3 Å². The van der Waals surface area contributed by atoms with Crippen LogP contribution in [-0.4, -0.2) is 27.8 Å². The number of carbonyl (C=O) groups is 2.